The van der Waals surface area contributed by atoms with Gasteiger partial charge in [0.15, 0.2) is 6.29 Å². The van der Waals surface area contributed by atoms with Crippen LogP contribution in [-0.4, -0.2) is 25.7 Å². The van der Waals surface area contributed by atoms with Crippen LogP contribution < -0.4 is 0 Å². The predicted octanol–water partition coefficient (Wildman–Crippen LogP) is 9.49. The topological polar surface area (TPSA) is 18.5 Å². The molecule has 0 unspecified atom stereocenters. The number of unbranched alkanes of at least 4 members (excludes halogenated alkanes) is 2. The molecule has 2 nitrogen and oxygen atoms in total. The first-order valence-electron chi connectivity index (χ1n) is 14.3. The van der Waals surface area contributed by atoms with Gasteiger partial charge in [0, 0.05) is 11.8 Å². The fourth-order valence-electron chi connectivity index (χ4n) is 6.71. The lowest BCUT2D eigenvalue weighted by Crippen LogP contribution is -2.41. The number of benzene rings is 1. The van der Waals surface area contributed by atoms with Crippen LogP contribution in [0.2, 0.25) is 0 Å². The molecule has 2 aliphatic carbocycles. The van der Waals surface area contributed by atoms with Crippen molar-refractivity contribution in [2.24, 2.45) is 23.7 Å². The van der Waals surface area contributed by atoms with Crippen LogP contribution in [0.25, 0.3) is 5.83 Å². The van der Waals surface area contributed by atoms with Gasteiger partial charge in [-0.25, -0.2) is 13.2 Å². The van der Waals surface area contributed by atoms with Gasteiger partial charge in [-0.15, -0.1) is 0 Å². The Kier molecular flexibility index (Phi) is 10.2. The molecule has 0 amide bonds. The molecule has 1 aromatic carbocycles. The van der Waals surface area contributed by atoms with Crippen molar-refractivity contribution in [2.75, 3.05) is 13.2 Å². The summed E-state index contributed by atoms with van der Waals surface area (Å²) in [5.41, 5.74) is -0.929. The van der Waals surface area contributed by atoms with Gasteiger partial charge < -0.3 is 9.47 Å². The SMILES string of the molecule is CCCCCC1CCC(C2COC(C3CCC(c4cc(F)c(/C(F)=C/C(F)(F)F)c(F)c4)CC3)OC2)CC1. The van der Waals surface area contributed by atoms with E-state index in [9.17, 15) is 26.3 Å². The van der Waals surface area contributed by atoms with Crippen molar-refractivity contribution < 1.29 is 35.8 Å². The van der Waals surface area contributed by atoms with Gasteiger partial charge in [-0.3, -0.25) is 0 Å². The fraction of sp³-hybridized carbons (Fsp3) is 0.733. The van der Waals surface area contributed by atoms with Crippen LogP contribution in [0.5, 0.6) is 0 Å². The van der Waals surface area contributed by atoms with Gasteiger partial charge in [-0.2, -0.15) is 13.2 Å². The maximum absolute atomic E-state index is 14.4. The van der Waals surface area contributed by atoms with Crippen LogP contribution in [-0.2, 0) is 9.47 Å². The maximum Gasteiger partial charge on any atom is 0.412 e. The van der Waals surface area contributed by atoms with Crippen molar-refractivity contribution in [1.82, 2.24) is 0 Å². The third-order valence-electron chi connectivity index (χ3n) is 8.94. The highest BCUT2D eigenvalue weighted by molar-refractivity contribution is 5.61. The van der Waals surface area contributed by atoms with E-state index in [0.29, 0.717) is 43.5 Å². The zero-order chi connectivity index (χ0) is 27.3. The molecule has 0 radical (unpaired) electrons. The molecule has 0 atom stereocenters. The molecule has 3 aliphatic rings. The third-order valence-corrected chi connectivity index (χ3v) is 8.94. The summed E-state index contributed by atoms with van der Waals surface area (Å²) in [6.45, 7) is 3.67. The zero-order valence-corrected chi connectivity index (χ0v) is 22.2. The Morgan fingerprint density at radius 2 is 1.42 bits per heavy atom. The predicted molar refractivity (Wildman–Crippen MR) is 135 cm³/mol. The minimum Gasteiger partial charge on any atom is -0.352 e. The fourth-order valence-corrected chi connectivity index (χ4v) is 6.71. The van der Waals surface area contributed by atoms with Crippen molar-refractivity contribution in [2.45, 2.75) is 102 Å². The first-order chi connectivity index (χ1) is 18.1. The number of rotatable bonds is 8. The van der Waals surface area contributed by atoms with E-state index in [1.54, 1.807) is 0 Å². The summed E-state index contributed by atoms with van der Waals surface area (Å²) < 4.78 is 92.2. The van der Waals surface area contributed by atoms with Gasteiger partial charge >= 0.3 is 6.18 Å². The summed E-state index contributed by atoms with van der Waals surface area (Å²) >= 11 is 0. The molecule has 8 heteroatoms. The van der Waals surface area contributed by atoms with E-state index in [1.165, 1.54) is 51.4 Å². The molecule has 38 heavy (non-hydrogen) atoms. The van der Waals surface area contributed by atoms with Gasteiger partial charge in [-0.1, -0.05) is 45.4 Å². The summed E-state index contributed by atoms with van der Waals surface area (Å²) in [6.07, 6.45) is 7.26. The first kappa shape index (κ1) is 29.4. The van der Waals surface area contributed by atoms with Crippen molar-refractivity contribution >= 4 is 5.83 Å². The number of hydrogen-bond donors (Lipinski definition) is 0. The Labute approximate surface area is 222 Å². The van der Waals surface area contributed by atoms with E-state index in [2.05, 4.69) is 6.92 Å². The van der Waals surface area contributed by atoms with Crippen LogP contribution in [0.1, 0.15) is 101 Å². The second kappa shape index (κ2) is 13.2. The molecule has 2 saturated carbocycles. The summed E-state index contributed by atoms with van der Waals surface area (Å²) in [6, 6.07) is 1.92. The van der Waals surface area contributed by atoms with Gasteiger partial charge in [0.25, 0.3) is 0 Å². The molecule has 1 saturated heterocycles. The van der Waals surface area contributed by atoms with Crippen LogP contribution in [0.3, 0.4) is 0 Å². The zero-order valence-electron chi connectivity index (χ0n) is 22.2. The van der Waals surface area contributed by atoms with Crippen LogP contribution >= 0.6 is 0 Å². The van der Waals surface area contributed by atoms with Gasteiger partial charge in [-0.05, 0) is 74.0 Å². The van der Waals surface area contributed by atoms with E-state index in [4.69, 9.17) is 9.47 Å². The summed E-state index contributed by atoms with van der Waals surface area (Å²) in [5.74, 6) is -2.58. The van der Waals surface area contributed by atoms with E-state index < -0.39 is 35.3 Å². The van der Waals surface area contributed by atoms with Crippen LogP contribution in [0.4, 0.5) is 26.3 Å². The molecule has 1 aromatic rings. The summed E-state index contributed by atoms with van der Waals surface area (Å²) in [5, 5.41) is 0. The number of allylic oxidation sites excluding steroid dienone is 1. The number of alkyl halides is 3. The summed E-state index contributed by atoms with van der Waals surface area (Å²) in [4.78, 5) is 0. The van der Waals surface area contributed by atoms with Gasteiger partial charge in [0.05, 0.1) is 24.9 Å². The second-order valence-electron chi connectivity index (χ2n) is 11.6. The molecule has 0 N–H and O–H groups in total. The Balaban J connectivity index is 1.23. The Bertz CT molecular complexity index is 898. The monoisotopic (exact) mass is 546 g/mol. The minimum atomic E-state index is -5.00. The standard InChI is InChI=1S/C30H40F6O2/c1-2-3-4-5-19-6-8-21(9-7-19)24-17-37-29(38-18-24)22-12-10-20(11-13-22)23-14-25(31)28(26(32)15-23)27(33)16-30(34,35)36/h14-16,19-22,24,29H,2-13,17-18H2,1H3/b27-16-. The van der Waals surface area contributed by atoms with E-state index in [1.807, 2.05) is 0 Å². The smallest absolute Gasteiger partial charge is 0.352 e. The number of hydrogen-bond acceptors (Lipinski definition) is 2. The Morgan fingerprint density at radius 3 is 1.97 bits per heavy atom. The normalized spacial score (nSPS) is 31.4. The Hall–Kier alpha value is -1.54. The van der Waals surface area contributed by atoms with Gasteiger partial charge in [0.2, 0.25) is 0 Å². The number of ether oxygens (including phenoxy) is 2. The second-order valence-corrected chi connectivity index (χ2v) is 11.6. The molecule has 4 rings (SSSR count). The first-order valence-corrected chi connectivity index (χ1v) is 14.3. The third kappa shape index (κ3) is 7.77. The highest BCUT2D eigenvalue weighted by atomic mass is 19.4. The Morgan fingerprint density at radius 1 is 0.842 bits per heavy atom. The van der Waals surface area contributed by atoms with Crippen molar-refractivity contribution in [3.8, 4) is 0 Å². The van der Waals surface area contributed by atoms with E-state index in [-0.39, 0.29) is 18.1 Å². The maximum atomic E-state index is 14.4. The van der Waals surface area contributed by atoms with Crippen molar-refractivity contribution in [3.63, 3.8) is 0 Å². The lowest BCUT2D eigenvalue weighted by molar-refractivity contribution is -0.236. The lowest BCUT2D eigenvalue weighted by atomic mass is 9.74. The van der Waals surface area contributed by atoms with E-state index in [0.717, 1.165) is 30.9 Å². The molecule has 1 heterocycles. The number of halogens is 6. The highest BCUT2D eigenvalue weighted by Crippen LogP contribution is 2.42. The lowest BCUT2D eigenvalue weighted by Gasteiger charge is -2.41. The van der Waals surface area contributed by atoms with Gasteiger partial charge in [0.1, 0.15) is 17.5 Å². The van der Waals surface area contributed by atoms with Crippen LogP contribution in [0, 0.1) is 35.3 Å². The largest absolute Gasteiger partial charge is 0.412 e. The van der Waals surface area contributed by atoms with Crippen molar-refractivity contribution in [3.05, 3.63) is 41.0 Å². The highest BCUT2D eigenvalue weighted by Gasteiger charge is 2.36. The molecule has 0 aromatic heterocycles. The molecule has 214 valence electrons. The molecular weight excluding hydrogens is 506 g/mol. The average Bonchev–Trinajstić information content (AvgIpc) is 2.88. The minimum absolute atomic E-state index is 0.150. The summed E-state index contributed by atoms with van der Waals surface area (Å²) in [7, 11) is 0. The molecule has 1 aliphatic heterocycles. The molecule has 3 fully saturated rings. The van der Waals surface area contributed by atoms with Crippen molar-refractivity contribution in [1.29, 1.82) is 0 Å². The van der Waals surface area contributed by atoms with Crippen LogP contribution in [0.15, 0.2) is 18.2 Å². The quantitative estimate of drug-likeness (QED) is 0.239. The van der Waals surface area contributed by atoms with E-state index >= 15 is 0 Å². The average molecular weight is 547 g/mol. The molecular formula is C30H40F6O2. The molecule has 0 bridgehead atoms. The molecule has 0 spiro atoms.